The molecule has 0 radical (unpaired) electrons. The summed E-state index contributed by atoms with van der Waals surface area (Å²) in [6.07, 6.45) is 2.12. The second kappa shape index (κ2) is 5.49. The van der Waals surface area contributed by atoms with Gasteiger partial charge in [-0.3, -0.25) is 14.9 Å². The van der Waals surface area contributed by atoms with Crippen molar-refractivity contribution in [3.05, 3.63) is 0 Å². The number of carbonyl (C=O) groups excluding carboxylic acids is 1. The minimum Gasteiger partial charge on any atom is -0.481 e. The van der Waals surface area contributed by atoms with E-state index >= 15 is 0 Å². The quantitative estimate of drug-likeness (QED) is 0.794. The number of hydrogen-bond acceptors (Lipinski definition) is 3. The molecule has 1 atom stereocenters. The van der Waals surface area contributed by atoms with E-state index < -0.39 is 16.9 Å². The van der Waals surface area contributed by atoms with E-state index in [2.05, 4.69) is 5.32 Å². The summed E-state index contributed by atoms with van der Waals surface area (Å²) in [4.78, 5) is 25.4. The van der Waals surface area contributed by atoms with Crippen LogP contribution < -0.4 is 5.32 Å². The molecule has 1 heterocycles. The fraction of sp³-hybridized carbons (Fsp3) is 0.857. The standard InChI is InChI=1S/C14H26N2O3/c1-10(11(17)16-8-6-7-9-16)15-14(4,5)13(2,3)12(18)19/h10,15H,6-9H2,1-5H3,(H,18,19). The summed E-state index contributed by atoms with van der Waals surface area (Å²) in [6.45, 7) is 10.4. The van der Waals surface area contributed by atoms with E-state index in [9.17, 15) is 14.7 Å². The molecule has 1 saturated heterocycles. The van der Waals surface area contributed by atoms with Gasteiger partial charge in [0.15, 0.2) is 0 Å². The first-order chi connectivity index (χ1) is 8.59. The average molecular weight is 270 g/mol. The van der Waals surface area contributed by atoms with Gasteiger partial charge in [-0.2, -0.15) is 0 Å². The van der Waals surface area contributed by atoms with Gasteiger partial charge in [0.2, 0.25) is 5.91 Å². The smallest absolute Gasteiger partial charge is 0.310 e. The fourth-order valence-electron chi connectivity index (χ4n) is 2.26. The Morgan fingerprint density at radius 2 is 1.63 bits per heavy atom. The van der Waals surface area contributed by atoms with Crippen LogP contribution in [-0.2, 0) is 9.59 Å². The van der Waals surface area contributed by atoms with Crippen LogP contribution in [0.3, 0.4) is 0 Å². The predicted octanol–water partition coefficient (Wildman–Crippen LogP) is 1.48. The van der Waals surface area contributed by atoms with E-state index in [1.807, 2.05) is 18.7 Å². The summed E-state index contributed by atoms with van der Waals surface area (Å²) >= 11 is 0. The molecular weight excluding hydrogens is 244 g/mol. The number of nitrogens with zero attached hydrogens (tertiary/aromatic N) is 1. The van der Waals surface area contributed by atoms with Crippen LogP contribution in [0.15, 0.2) is 0 Å². The summed E-state index contributed by atoms with van der Waals surface area (Å²) < 4.78 is 0. The molecule has 1 aliphatic rings. The van der Waals surface area contributed by atoms with Crippen molar-refractivity contribution in [1.29, 1.82) is 0 Å². The van der Waals surface area contributed by atoms with Crippen molar-refractivity contribution < 1.29 is 14.7 Å². The molecule has 0 saturated carbocycles. The third kappa shape index (κ3) is 3.26. The van der Waals surface area contributed by atoms with Crippen molar-refractivity contribution in [2.24, 2.45) is 5.41 Å². The number of carbonyl (C=O) groups is 2. The summed E-state index contributed by atoms with van der Waals surface area (Å²) in [5, 5.41) is 12.5. The van der Waals surface area contributed by atoms with Crippen LogP contribution >= 0.6 is 0 Å². The molecule has 0 aliphatic carbocycles. The Kier molecular flexibility index (Phi) is 4.61. The molecule has 1 fully saturated rings. The summed E-state index contributed by atoms with van der Waals surface area (Å²) in [5.41, 5.74) is -1.62. The number of aliphatic carboxylic acids is 1. The van der Waals surface area contributed by atoms with E-state index in [0.29, 0.717) is 0 Å². The minimum absolute atomic E-state index is 0.0618. The highest BCUT2D eigenvalue weighted by molar-refractivity contribution is 5.82. The second-order valence-electron chi connectivity index (χ2n) is 6.45. The van der Waals surface area contributed by atoms with Crippen LogP contribution in [0.25, 0.3) is 0 Å². The molecule has 110 valence electrons. The maximum absolute atomic E-state index is 12.2. The van der Waals surface area contributed by atoms with Crippen LogP contribution in [0.2, 0.25) is 0 Å². The largest absolute Gasteiger partial charge is 0.481 e. The predicted molar refractivity (Wildman–Crippen MR) is 73.9 cm³/mol. The molecule has 1 unspecified atom stereocenters. The van der Waals surface area contributed by atoms with E-state index in [0.717, 1.165) is 25.9 Å². The van der Waals surface area contributed by atoms with Crippen molar-refractivity contribution in [3.63, 3.8) is 0 Å². The summed E-state index contributed by atoms with van der Waals surface area (Å²) in [7, 11) is 0. The number of rotatable bonds is 5. The van der Waals surface area contributed by atoms with Crippen LogP contribution in [0.1, 0.15) is 47.5 Å². The van der Waals surface area contributed by atoms with Crippen LogP contribution in [-0.4, -0.2) is 46.6 Å². The maximum atomic E-state index is 12.2. The van der Waals surface area contributed by atoms with Crippen molar-refractivity contribution in [2.45, 2.75) is 59.0 Å². The molecule has 2 N–H and O–H groups in total. The minimum atomic E-state index is -0.952. The third-order valence-corrected chi connectivity index (χ3v) is 4.46. The monoisotopic (exact) mass is 270 g/mol. The zero-order chi connectivity index (χ0) is 14.8. The van der Waals surface area contributed by atoms with Gasteiger partial charge >= 0.3 is 5.97 Å². The Bertz CT molecular complexity index is 358. The topological polar surface area (TPSA) is 69.6 Å². The number of amides is 1. The first-order valence-corrected chi connectivity index (χ1v) is 6.89. The van der Waals surface area contributed by atoms with Crippen molar-refractivity contribution in [1.82, 2.24) is 10.2 Å². The lowest BCUT2D eigenvalue weighted by atomic mass is 9.74. The third-order valence-electron chi connectivity index (χ3n) is 4.46. The van der Waals surface area contributed by atoms with Crippen LogP contribution in [0, 0.1) is 5.41 Å². The van der Waals surface area contributed by atoms with Crippen LogP contribution in [0.5, 0.6) is 0 Å². The first-order valence-electron chi connectivity index (χ1n) is 6.89. The van der Waals surface area contributed by atoms with Crippen molar-refractivity contribution >= 4 is 11.9 Å². The Balaban J connectivity index is 2.71. The highest BCUT2D eigenvalue weighted by atomic mass is 16.4. The zero-order valence-corrected chi connectivity index (χ0v) is 12.6. The summed E-state index contributed by atoms with van der Waals surface area (Å²) in [5.74, 6) is -0.808. The van der Waals surface area contributed by atoms with Gasteiger partial charge in [-0.15, -0.1) is 0 Å². The molecule has 5 nitrogen and oxygen atoms in total. The SMILES string of the molecule is CC(NC(C)(C)C(C)(C)C(=O)O)C(=O)N1CCCC1. The molecule has 0 aromatic heterocycles. The Morgan fingerprint density at radius 3 is 2.05 bits per heavy atom. The Hall–Kier alpha value is -1.10. The highest BCUT2D eigenvalue weighted by Crippen LogP contribution is 2.31. The van der Waals surface area contributed by atoms with Gasteiger partial charge in [0, 0.05) is 18.6 Å². The molecule has 0 spiro atoms. The molecule has 1 aliphatic heterocycles. The molecule has 0 bridgehead atoms. The van der Waals surface area contributed by atoms with Gasteiger partial charge in [0.25, 0.3) is 0 Å². The van der Waals surface area contributed by atoms with Crippen molar-refractivity contribution in [3.8, 4) is 0 Å². The number of hydrogen-bond donors (Lipinski definition) is 2. The van der Waals surface area contributed by atoms with E-state index in [-0.39, 0.29) is 11.9 Å². The molecule has 5 heteroatoms. The molecule has 19 heavy (non-hydrogen) atoms. The maximum Gasteiger partial charge on any atom is 0.310 e. The van der Waals surface area contributed by atoms with Gasteiger partial charge in [-0.25, -0.2) is 0 Å². The van der Waals surface area contributed by atoms with Gasteiger partial charge in [-0.1, -0.05) is 0 Å². The zero-order valence-electron chi connectivity index (χ0n) is 12.6. The second-order valence-corrected chi connectivity index (χ2v) is 6.45. The summed E-state index contributed by atoms with van der Waals surface area (Å²) in [6, 6.07) is -0.369. The molecular formula is C14H26N2O3. The Labute approximate surface area is 115 Å². The number of nitrogens with one attached hydrogen (secondary N) is 1. The first kappa shape index (κ1) is 16.0. The van der Waals surface area contributed by atoms with E-state index in [1.54, 1.807) is 20.8 Å². The normalized spacial score (nSPS) is 18.5. The molecule has 1 rings (SSSR count). The van der Waals surface area contributed by atoms with Crippen LogP contribution in [0.4, 0.5) is 0 Å². The lowest BCUT2D eigenvalue weighted by Gasteiger charge is -2.41. The van der Waals surface area contributed by atoms with Gasteiger partial charge < -0.3 is 10.0 Å². The van der Waals surface area contributed by atoms with Crippen molar-refractivity contribution in [2.75, 3.05) is 13.1 Å². The number of carboxylic acid groups (broad SMARTS) is 1. The van der Waals surface area contributed by atoms with Gasteiger partial charge in [-0.05, 0) is 47.5 Å². The lowest BCUT2D eigenvalue weighted by Crippen LogP contribution is -2.60. The number of likely N-dealkylation sites (tertiary alicyclic amines) is 1. The lowest BCUT2D eigenvalue weighted by molar-refractivity contribution is -0.152. The highest BCUT2D eigenvalue weighted by Gasteiger charge is 2.44. The van der Waals surface area contributed by atoms with E-state index in [4.69, 9.17) is 0 Å². The molecule has 0 aromatic rings. The number of carboxylic acids is 1. The Morgan fingerprint density at radius 1 is 1.16 bits per heavy atom. The molecule has 0 aromatic carbocycles. The van der Waals surface area contributed by atoms with E-state index in [1.165, 1.54) is 0 Å². The average Bonchev–Trinajstić information content (AvgIpc) is 2.80. The fourth-order valence-corrected chi connectivity index (χ4v) is 2.26. The molecule has 1 amide bonds. The van der Waals surface area contributed by atoms with Gasteiger partial charge in [0.1, 0.15) is 0 Å². The van der Waals surface area contributed by atoms with Gasteiger partial charge in [0.05, 0.1) is 11.5 Å².